The Morgan fingerprint density at radius 3 is 2.26 bits per heavy atom. The number of nitrogens with one attached hydrogen (secondary N) is 1. The Morgan fingerprint density at radius 2 is 1.83 bits per heavy atom. The standard InChI is InChI=1S/C13H18F3N2O4P/c1-3-21-23(20,22-4-2)8-18-12-5-9(7-19)10(6-11(12)17)13(14,15)16/h5-7,18H,3-4,8,17H2,1-2H3. The monoisotopic (exact) mass is 354 g/mol. The van der Waals surface area contributed by atoms with Gasteiger partial charge in [-0.05, 0) is 26.0 Å². The molecule has 10 heteroatoms. The SMILES string of the molecule is CCOP(=O)(CNc1cc(C=O)c(C(F)(F)F)cc1N)OCC. The first-order valence-corrected chi connectivity index (χ1v) is 8.47. The molecule has 1 rings (SSSR count). The number of rotatable bonds is 8. The van der Waals surface area contributed by atoms with Gasteiger partial charge in [-0.1, -0.05) is 0 Å². The predicted molar refractivity (Wildman–Crippen MR) is 80.6 cm³/mol. The van der Waals surface area contributed by atoms with E-state index in [2.05, 4.69) is 5.32 Å². The summed E-state index contributed by atoms with van der Waals surface area (Å²) in [5, 5.41) is 2.61. The van der Waals surface area contributed by atoms with E-state index in [0.29, 0.717) is 6.07 Å². The maximum atomic E-state index is 12.8. The van der Waals surface area contributed by atoms with Crippen LogP contribution in [0, 0.1) is 0 Å². The molecule has 0 atom stereocenters. The van der Waals surface area contributed by atoms with Crippen LogP contribution >= 0.6 is 7.60 Å². The van der Waals surface area contributed by atoms with Gasteiger partial charge in [0.05, 0.1) is 30.2 Å². The lowest BCUT2D eigenvalue weighted by atomic mass is 10.1. The molecular weight excluding hydrogens is 336 g/mol. The van der Waals surface area contributed by atoms with E-state index in [1.54, 1.807) is 13.8 Å². The first-order chi connectivity index (χ1) is 10.7. The second-order valence-electron chi connectivity index (χ2n) is 4.42. The molecule has 23 heavy (non-hydrogen) atoms. The quantitative estimate of drug-likeness (QED) is 0.420. The van der Waals surface area contributed by atoms with Crippen LogP contribution in [0.25, 0.3) is 0 Å². The van der Waals surface area contributed by atoms with Gasteiger partial charge >= 0.3 is 13.8 Å². The largest absolute Gasteiger partial charge is 0.417 e. The second-order valence-corrected chi connectivity index (χ2v) is 6.48. The molecule has 0 unspecified atom stereocenters. The van der Waals surface area contributed by atoms with Crippen molar-refractivity contribution < 1.29 is 31.6 Å². The summed E-state index contributed by atoms with van der Waals surface area (Å²) in [6, 6.07) is 1.60. The summed E-state index contributed by atoms with van der Waals surface area (Å²) in [6.45, 7) is 3.54. The normalized spacial score (nSPS) is 12.2. The van der Waals surface area contributed by atoms with E-state index in [-0.39, 0.29) is 37.2 Å². The van der Waals surface area contributed by atoms with Gasteiger partial charge in [0.25, 0.3) is 0 Å². The number of hydrogen-bond donors (Lipinski definition) is 2. The van der Waals surface area contributed by atoms with Gasteiger partial charge in [0, 0.05) is 5.56 Å². The van der Waals surface area contributed by atoms with Gasteiger partial charge in [0.1, 0.15) is 6.29 Å². The highest BCUT2D eigenvalue weighted by molar-refractivity contribution is 7.53. The summed E-state index contributed by atoms with van der Waals surface area (Å²) in [4.78, 5) is 10.9. The van der Waals surface area contributed by atoms with E-state index in [1.165, 1.54) is 0 Å². The molecule has 0 aliphatic heterocycles. The van der Waals surface area contributed by atoms with Crippen molar-refractivity contribution in [3.8, 4) is 0 Å². The van der Waals surface area contributed by atoms with E-state index in [9.17, 15) is 22.5 Å². The Balaban J connectivity index is 3.06. The molecule has 0 saturated heterocycles. The van der Waals surface area contributed by atoms with Crippen molar-refractivity contribution in [1.82, 2.24) is 0 Å². The summed E-state index contributed by atoms with van der Waals surface area (Å²) < 4.78 is 60.8. The summed E-state index contributed by atoms with van der Waals surface area (Å²) in [5.41, 5.74) is 3.67. The van der Waals surface area contributed by atoms with Crippen LogP contribution in [0.15, 0.2) is 12.1 Å². The van der Waals surface area contributed by atoms with E-state index in [0.717, 1.165) is 6.07 Å². The average Bonchev–Trinajstić information content (AvgIpc) is 2.45. The number of hydrogen-bond acceptors (Lipinski definition) is 6. The summed E-state index contributed by atoms with van der Waals surface area (Å²) >= 11 is 0. The van der Waals surface area contributed by atoms with Gasteiger partial charge in [-0.25, -0.2) is 0 Å². The Kier molecular flexibility index (Phi) is 6.61. The maximum absolute atomic E-state index is 12.8. The van der Waals surface area contributed by atoms with Crippen LogP contribution in [0.2, 0.25) is 0 Å². The molecule has 0 aliphatic carbocycles. The highest BCUT2D eigenvalue weighted by atomic mass is 31.2. The Hall–Kier alpha value is -1.57. The Morgan fingerprint density at radius 1 is 1.26 bits per heavy atom. The molecule has 0 radical (unpaired) electrons. The van der Waals surface area contributed by atoms with Crippen molar-refractivity contribution in [2.45, 2.75) is 20.0 Å². The molecule has 0 heterocycles. The molecule has 0 saturated carbocycles. The minimum absolute atomic E-state index is 0.0414. The maximum Gasteiger partial charge on any atom is 0.417 e. The molecule has 0 aliphatic rings. The molecule has 0 amide bonds. The third-order valence-electron chi connectivity index (χ3n) is 2.77. The number of aldehydes is 1. The number of nitrogen functional groups attached to an aromatic ring is 1. The smallest absolute Gasteiger partial charge is 0.397 e. The van der Waals surface area contributed by atoms with Gasteiger partial charge in [-0.15, -0.1) is 0 Å². The molecule has 0 fully saturated rings. The molecule has 130 valence electrons. The zero-order chi connectivity index (χ0) is 17.7. The molecule has 0 spiro atoms. The van der Waals surface area contributed by atoms with Crippen LogP contribution in [0.5, 0.6) is 0 Å². The Labute approximate surface area is 131 Å². The van der Waals surface area contributed by atoms with Crippen LogP contribution in [0.1, 0.15) is 29.8 Å². The van der Waals surface area contributed by atoms with Gasteiger partial charge in [-0.2, -0.15) is 13.2 Å². The topological polar surface area (TPSA) is 90.7 Å². The number of nitrogens with two attached hydrogens (primary N) is 1. The number of benzene rings is 1. The van der Waals surface area contributed by atoms with Crippen LogP contribution in [0.3, 0.4) is 0 Å². The summed E-state index contributed by atoms with van der Waals surface area (Å²) in [7, 11) is -3.45. The van der Waals surface area contributed by atoms with Crippen molar-refractivity contribution in [2.75, 3.05) is 30.6 Å². The highest BCUT2D eigenvalue weighted by Crippen LogP contribution is 2.48. The third kappa shape index (κ3) is 5.23. The number of halogens is 3. The lowest BCUT2D eigenvalue weighted by Crippen LogP contribution is -2.13. The van der Waals surface area contributed by atoms with Crippen molar-refractivity contribution in [3.63, 3.8) is 0 Å². The molecule has 0 aromatic heterocycles. The fraction of sp³-hybridized carbons (Fsp3) is 0.462. The average molecular weight is 354 g/mol. The van der Waals surface area contributed by atoms with Gasteiger partial charge in [0.15, 0.2) is 6.29 Å². The molecular formula is C13H18F3N2O4P. The third-order valence-corrected chi connectivity index (χ3v) is 4.62. The highest BCUT2D eigenvalue weighted by Gasteiger charge is 2.34. The van der Waals surface area contributed by atoms with Crippen LogP contribution in [0.4, 0.5) is 24.5 Å². The lowest BCUT2D eigenvalue weighted by Gasteiger charge is -2.19. The minimum Gasteiger partial charge on any atom is -0.397 e. The number of carbonyl (C=O) groups excluding carboxylic acids is 1. The first kappa shape index (κ1) is 19.5. The predicted octanol–water partition coefficient (Wildman–Crippen LogP) is 3.74. The van der Waals surface area contributed by atoms with Crippen molar-refractivity contribution in [1.29, 1.82) is 0 Å². The fourth-order valence-electron chi connectivity index (χ4n) is 1.83. The molecule has 6 nitrogen and oxygen atoms in total. The molecule has 1 aromatic carbocycles. The van der Waals surface area contributed by atoms with E-state index < -0.39 is 24.9 Å². The van der Waals surface area contributed by atoms with Crippen molar-refractivity contribution in [2.24, 2.45) is 0 Å². The van der Waals surface area contributed by atoms with Gasteiger partial charge in [0.2, 0.25) is 0 Å². The van der Waals surface area contributed by atoms with Crippen LogP contribution in [-0.4, -0.2) is 25.8 Å². The number of carbonyl (C=O) groups is 1. The van der Waals surface area contributed by atoms with E-state index in [1.807, 2.05) is 0 Å². The minimum atomic E-state index is -4.70. The molecule has 0 bridgehead atoms. The van der Waals surface area contributed by atoms with Gasteiger partial charge in [-0.3, -0.25) is 9.36 Å². The van der Waals surface area contributed by atoms with E-state index in [4.69, 9.17) is 14.8 Å². The lowest BCUT2D eigenvalue weighted by molar-refractivity contribution is -0.137. The van der Waals surface area contributed by atoms with Crippen LogP contribution < -0.4 is 11.1 Å². The van der Waals surface area contributed by atoms with Gasteiger partial charge < -0.3 is 20.1 Å². The second kappa shape index (κ2) is 7.81. The van der Waals surface area contributed by atoms with E-state index >= 15 is 0 Å². The van der Waals surface area contributed by atoms with Crippen LogP contribution in [-0.2, 0) is 19.8 Å². The summed E-state index contributed by atoms with van der Waals surface area (Å²) in [5.74, 6) is 0. The fourth-order valence-corrected chi connectivity index (χ4v) is 3.24. The first-order valence-electron chi connectivity index (χ1n) is 6.74. The molecule has 1 aromatic rings. The molecule has 3 N–H and O–H groups in total. The number of anilines is 2. The zero-order valence-corrected chi connectivity index (χ0v) is 13.5. The van der Waals surface area contributed by atoms with Crippen molar-refractivity contribution in [3.05, 3.63) is 23.3 Å². The van der Waals surface area contributed by atoms with Crippen molar-refractivity contribution >= 4 is 25.3 Å². The Bertz CT molecular complexity index is 598. The zero-order valence-electron chi connectivity index (χ0n) is 12.6. The number of alkyl halides is 3. The summed E-state index contributed by atoms with van der Waals surface area (Å²) in [6.07, 6.45) is -4.91.